The number of aldehydes is 1. The number of hydrogen-bond acceptors (Lipinski definition) is 3. The van der Waals surface area contributed by atoms with Gasteiger partial charge in [0.05, 0.1) is 0 Å². The predicted octanol–water partition coefficient (Wildman–Crippen LogP) is 5.85. The van der Waals surface area contributed by atoms with Crippen LogP contribution in [0.1, 0.15) is 63.7 Å². The van der Waals surface area contributed by atoms with Gasteiger partial charge in [0.2, 0.25) is 0 Å². The van der Waals surface area contributed by atoms with E-state index in [1.807, 2.05) is 24.3 Å². The Hall–Kier alpha value is -2.03. The summed E-state index contributed by atoms with van der Waals surface area (Å²) in [5.74, 6) is 0. The lowest BCUT2D eigenvalue weighted by molar-refractivity contribution is 0.112. The molecule has 2 rings (SSSR count). The average Bonchev–Trinajstić information content (AvgIpc) is 2.63. The first-order valence-corrected chi connectivity index (χ1v) is 9.22. The molecule has 3 heteroatoms. The summed E-state index contributed by atoms with van der Waals surface area (Å²) in [7, 11) is 0. The lowest BCUT2D eigenvalue weighted by Gasteiger charge is -2.23. The maximum Gasteiger partial charge on any atom is 0.150 e. The molecule has 0 aliphatic heterocycles. The van der Waals surface area contributed by atoms with Gasteiger partial charge in [-0.1, -0.05) is 39.8 Å². The molecule has 24 heavy (non-hydrogen) atoms. The largest absolute Gasteiger partial charge is 0.382 e. The second-order valence-corrected chi connectivity index (χ2v) is 6.36. The molecule has 0 saturated heterocycles. The molecule has 2 N–H and O–H groups in total. The van der Waals surface area contributed by atoms with Gasteiger partial charge in [-0.2, -0.15) is 0 Å². The van der Waals surface area contributed by atoms with E-state index in [4.69, 9.17) is 0 Å². The Morgan fingerprint density at radius 3 is 1.88 bits per heavy atom. The Balaban J connectivity index is 2.58. The SMILES string of the molecule is CCC(CC)Nc1cccc2c(C=O)ccc(NC(CC)CC)c12. The number of anilines is 2. The van der Waals surface area contributed by atoms with Crippen molar-refractivity contribution in [1.82, 2.24) is 0 Å². The zero-order valence-corrected chi connectivity index (χ0v) is 15.4. The molecular formula is C21H30N2O. The molecule has 0 spiro atoms. The van der Waals surface area contributed by atoms with Gasteiger partial charge in [-0.25, -0.2) is 0 Å². The molecule has 0 fully saturated rings. The molecule has 0 aromatic heterocycles. The van der Waals surface area contributed by atoms with E-state index in [9.17, 15) is 4.79 Å². The van der Waals surface area contributed by atoms with Gasteiger partial charge in [0.25, 0.3) is 0 Å². The van der Waals surface area contributed by atoms with Crippen LogP contribution in [0.5, 0.6) is 0 Å². The summed E-state index contributed by atoms with van der Waals surface area (Å²) in [5, 5.41) is 9.47. The first-order valence-electron chi connectivity index (χ1n) is 9.22. The number of rotatable bonds is 9. The summed E-state index contributed by atoms with van der Waals surface area (Å²) in [6, 6.07) is 11.0. The van der Waals surface area contributed by atoms with Crippen LogP contribution < -0.4 is 10.6 Å². The Kier molecular flexibility index (Phi) is 6.65. The molecule has 3 nitrogen and oxygen atoms in total. The highest BCUT2D eigenvalue weighted by molar-refractivity contribution is 6.09. The molecule has 2 aromatic carbocycles. The van der Waals surface area contributed by atoms with Gasteiger partial charge in [0, 0.05) is 34.4 Å². The second kappa shape index (κ2) is 8.72. The summed E-state index contributed by atoms with van der Waals surface area (Å²) in [6.07, 6.45) is 5.26. The summed E-state index contributed by atoms with van der Waals surface area (Å²) in [4.78, 5) is 11.5. The van der Waals surface area contributed by atoms with E-state index in [0.717, 1.165) is 59.7 Å². The fourth-order valence-corrected chi connectivity index (χ4v) is 3.20. The third-order valence-electron chi connectivity index (χ3n) is 4.89. The maximum absolute atomic E-state index is 11.5. The summed E-state index contributed by atoms with van der Waals surface area (Å²) >= 11 is 0. The van der Waals surface area contributed by atoms with Crippen LogP contribution in [-0.4, -0.2) is 18.4 Å². The van der Waals surface area contributed by atoms with Crippen LogP contribution in [0.3, 0.4) is 0 Å². The molecule has 0 heterocycles. The average molecular weight is 326 g/mol. The van der Waals surface area contributed by atoms with Gasteiger partial charge in [-0.15, -0.1) is 0 Å². The highest BCUT2D eigenvalue weighted by Crippen LogP contribution is 2.34. The van der Waals surface area contributed by atoms with E-state index in [1.54, 1.807) is 0 Å². The minimum Gasteiger partial charge on any atom is -0.382 e. The van der Waals surface area contributed by atoms with Gasteiger partial charge in [0.1, 0.15) is 0 Å². The lowest BCUT2D eigenvalue weighted by atomic mass is 10.00. The minimum absolute atomic E-state index is 0.441. The molecule has 0 atom stereocenters. The van der Waals surface area contributed by atoms with Gasteiger partial charge < -0.3 is 10.6 Å². The Morgan fingerprint density at radius 1 is 0.833 bits per heavy atom. The molecule has 0 aliphatic rings. The van der Waals surface area contributed by atoms with Crippen molar-refractivity contribution in [2.24, 2.45) is 0 Å². The van der Waals surface area contributed by atoms with E-state index in [1.165, 1.54) is 0 Å². The van der Waals surface area contributed by atoms with Gasteiger partial charge in [-0.3, -0.25) is 4.79 Å². The highest BCUT2D eigenvalue weighted by Gasteiger charge is 2.14. The third kappa shape index (κ3) is 3.89. The molecule has 0 amide bonds. The molecule has 2 aromatic rings. The number of carbonyl (C=O) groups excluding carboxylic acids is 1. The highest BCUT2D eigenvalue weighted by atomic mass is 16.1. The Labute approximate surface area is 145 Å². The van der Waals surface area contributed by atoms with Gasteiger partial charge >= 0.3 is 0 Å². The topological polar surface area (TPSA) is 41.1 Å². The zero-order valence-electron chi connectivity index (χ0n) is 15.4. The van der Waals surface area contributed by atoms with Gasteiger partial charge in [-0.05, 0) is 49.3 Å². The van der Waals surface area contributed by atoms with Crippen molar-refractivity contribution >= 4 is 28.4 Å². The fourth-order valence-electron chi connectivity index (χ4n) is 3.20. The number of benzene rings is 2. The predicted molar refractivity (Wildman–Crippen MR) is 105 cm³/mol. The van der Waals surface area contributed by atoms with E-state index in [2.05, 4.69) is 44.4 Å². The molecule has 0 bridgehead atoms. The molecule has 130 valence electrons. The monoisotopic (exact) mass is 326 g/mol. The lowest BCUT2D eigenvalue weighted by Crippen LogP contribution is -2.19. The first kappa shape index (κ1) is 18.3. The summed E-state index contributed by atoms with van der Waals surface area (Å²) < 4.78 is 0. The van der Waals surface area contributed by atoms with Crippen molar-refractivity contribution in [3.8, 4) is 0 Å². The smallest absolute Gasteiger partial charge is 0.150 e. The first-order chi connectivity index (χ1) is 11.7. The van der Waals surface area contributed by atoms with Crippen molar-refractivity contribution in [2.75, 3.05) is 10.6 Å². The summed E-state index contributed by atoms with van der Waals surface area (Å²) in [6.45, 7) is 8.80. The standard InChI is InChI=1S/C21H30N2O/c1-5-16(6-2)22-19-11-9-10-18-15(14-24)12-13-20(21(18)19)23-17(7-3)8-4/h9-14,16-17,22-23H,5-8H2,1-4H3. The van der Waals surface area contributed by atoms with Crippen LogP contribution in [0.2, 0.25) is 0 Å². The third-order valence-corrected chi connectivity index (χ3v) is 4.89. The van der Waals surface area contributed by atoms with E-state index in [-0.39, 0.29) is 0 Å². The van der Waals surface area contributed by atoms with Crippen LogP contribution in [0.4, 0.5) is 11.4 Å². The van der Waals surface area contributed by atoms with Crippen molar-refractivity contribution in [2.45, 2.75) is 65.5 Å². The minimum atomic E-state index is 0.441. The van der Waals surface area contributed by atoms with Crippen LogP contribution in [-0.2, 0) is 0 Å². The molecule has 0 saturated carbocycles. The molecule has 0 unspecified atom stereocenters. The summed E-state index contributed by atoms with van der Waals surface area (Å²) in [5.41, 5.74) is 2.96. The van der Waals surface area contributed by atoms with Crippen LogP contribution in [0.15, 0.2) is 30.3 Å². The number of carbonyl (C=O) groups is 1. The van der Waals surface area contributed by atoms with E-state index < -0.39 is 0 Å². The molecular weight excluding hydrogens is 296 g/mol. The normalized spacial score (nSPS) is 11.2. The van der Waals surface area contributed by atoms with Crippen molar-refractivity contribution < 1.29 is 4.79 Å². The van der Waals surface area contributed by atoms with Crippen LogP contribution in [0, 0.1) is 0 Å². The van der Waals surface area contributed by atoms with Crippen molar-refractivity contribution in [3.63, 3.8) is 0 Å². The quantitative estimate of drug-likeness (QED) is 0.568. The van der Waals surface area contributed by atoms with Crippen molar-refractivity contribution in [1.29, 1.82) is 0 Å². The van der Waals surface area contributed by atoms with Crippen LogP contribution in [0.25, 0.3) is 10.8 Å². The number of hydrogen-bond donors (Lipinski definition) is 2. The van der Waals surface area contributed by atoms with E-state index >= 15 is 0 Å². The van der Waals surface area contributed by atoms with Gasteiger partial charge in [0.15, 0.2) is 6.29 Å². The van der Waals surface area contributed by atoms with E-state index in [0.29, 0.717) is 12.1 Å². The van der Waals surface area contributed by atoms with Crippen LogP contribution >= 0.6 is 0 Å². The number of nitrogens with one attached hydrogen (secondary N) is 2. The Bertz CT molecular complexity index is 653. The maximum atomic E-state index is 11.5. The fraction of sp³-hybridized carbons (Fsp3) is 0.476. The van der Waals surface area contributed by atoms with Crippen molar-refractivity contribution in [3.05, 3.63) is 35.9 Å². The Morgan fingerprint density at radius 2 is 1.38 bits per heavy atom. The molecule has 0 aliphatic carbocycles. The number of fused-ring (bicyclic) bond motifs is 1. The zero-order chi connectivity index (χ0) is 17.5. The second-order valence-electron chi connectivity index (χ2n) is 6.36. The molecule has 0 radical (unpaired) electrons.